The fourth-order valence-corrected chi connectivity index (χ4v) is 2.99. The predicted molar refractivity (Wildman–Crippen MR) is 79.8 cm³/mol. The molecule has 1 rings (SSSR count). The Bertz CT molecular complexity index is 574. The molecule has 8 heteroatoms. The monoisotopic (exact) mass is 318 g/mol. The summed E-state index contributed by atoms with van der Waals surface area (Å²) in [4.78, 5) is -0.0191. The number of nitrogen functional groups attached to an aromatic ring is 1. The number of rotatable bonds is 8. The van der Waals surface area contributed by atoms with Crippen molar-refractivity contribution in [3.63, 3.8) is 0 Å². The Morgan fingerprint density at radius 2 is 2.05 bits per heavy atom. The fraction of sp³-hybridized carbons (Fsp3) is 0.538. The molecule has 7 nitrogen and oxygen atoms in total. The lowest BCUT2D eigenvalue weighted by Crippen LogP contribution is -2.29. The molecule has 1 atom stereocenters. The Hall–Kier alpha value is -1.35. The normalized spacial score (nSPS) is 13.1. The molecular formula is C13H22N2O5S. The highest BCUT2D eigenvalue weighted by Crippen LogP contribution is 2.28. The van der Waals surface area contributed by atoms with Gasteiger partial charge in [0.25, 0.3) is 0 Å². The van der Waals surface area contributed by atoms with Gasteiger partial charge in [-0.3, -0.25) is 0 Å². The van der Waals surface area contributed by atoms with E-state index >= 15 is 0 Å². The van der Waals surface area contributed by atoms with Crippen molar-refractivity contribution in [2.45, 2.75) is 24.3 Å². The number of hydrogen-bond acceptors (Lipinski definition) is 6. The molecule has 0 aliphatic heterocycles. The van der Waals surface area contributed by atoms with E-state index in [2.05, 4.69) is 4.72 Å². The van der Waals surface area contributed by atoms with Crippen molar-refractivity contribution < 1.29 is 23.0 Å². The van der Waals surface area contributed by atoms with E-state index in [0.29, 0.717) is 5.69 Å². The molecular weight excluding hydrogens is 296 g/mol. The molecule has 0 saturated carbocycles. The van der Waals surface area contributed by atoms with Crippen LogP contribution in [0.3, 0.4) is 0 Å². The van der Waals surface area contributed by atoms with E-state index in [1.165, 1.54) is 20.3 Å². The van der Waals surface area contributed by atoms with E-state index in [9.17, 15) is 13.5 Å². The third kappa shape index (κ3) is 4.85. The van der Waals surface area contributed by atoms with Crippen LogP contribution in [0.25, 0.3) is 0 Å². The molecule has 1 aromatic rings. The first-order valence-corrected chi connectivity index (χ1v) is 7.91. The second kappa shape index (κ2) is 7.60. The van der Waals surface area contributed by atoms with Gasteiger partial charge in [-0.05, 0) is 31.0 Å². The SMILES string of the molecule is COCC(O)CCNS(=O)(=O)c1cc(N)c(C)cc1OC. The van der Waals surface area contributed by atoms with Crippen molar-refractivity contribution in [3.05, 3.63) is 17.7 Å². The summed E-state index contributed by atoms with van der Waals surface area (Å²) in [6, 6.07) is 2.94. The average molecular weight is 318 g/mol. The summed E-state index contributed by atoms with van der Waals surface area (Å²) >= 11 is 0. The Morgan fingerprint density at radius 1 is 1.38 bits per heavy atom. The van der Waals surface area contributed by atoms with Crippen molar-refractivity contribution in [3.8, 4) is 5.75 Å². The Labute approximate surface area is 125 Å². The van der Waals surface area contributed by atoms with Crippen LogP contribution in [-0.2, 0) is 14.8 Å². The molecule has 4 N–H and O–H groups in total. The summed E-state index contributed by atoms with van der Waals surface area (Å²) in [5.74, 6) is 0.228. The highest BCUT2D eigenvalue weighted by Gasteiger charge is 2.20. The average Bonchev–Trinajstić information content (AvgIpc) is 2.41. The van der Waals surface area contributed by atoms with Crippen molar-refractivity contribution in [1.82, 2.24) is 4.72 Å². The van der Waals surface area contributed by atoms with Gasteiger partial charge in [-0.1, -0.05) is 0 Å². The number of nitrogens with two attached hydrogens (primary N) is 1. The molecule has 0 aliphatic carbocycles. The number of aliphatic hydroxyl groups is 1. The van der Waals surface area contributed by atoms with Crippen LogP contribution in [0.4, 0.5) is 5.69 Å². The summed E-state index contributed by atoms with van der Waals surface area (Å²) in [5.41, 5.74) is 6.86. The van der Waals surface area contributed by atoms with E-state index in [4.69, 9.17) is 15.2 Å². The predicted octanol–water partition coefficient (Wildman–Crippen LogP) is 0.262. The first-order valence-electron chi connectivity index (χ1n) is 6.42. The topological polar surface area (TPSA) is 111 Å². The molecule has 21 heavy (non-hydrogen) atoms. The molecule has 0 radical (unpaired) electrons. The zero-order valence-electron chi connectivity index (χ0n) is 12.4. The summed E-state index contributed by atoms with van der Waals surface area (Å²) in [5, 5.41) is 9.49. The summed E-state index contributed by atoms with van der Waals surface area (Å²) in [7, 11) is -0.899. The number of methoxy groups -OCH3 is 2. The number of nitrogens with one attached hydrogen (secondary N) is 1. The standard InChI is InChI=1S/C13H22N2O5S/c1-9-6-12(20-3)13(7-11(9)14)21(17,18)15-5-4-10(16)8-19-2/h6-7,10,15-16H,4-5,8,14H2,1-3H3. The van der Waals surface area contributed by atoms with Crippen LogP contribution in [0, 0.1) is 6.92 Å². The van der Waals surface area contributed by atoms with E-state index in [1.54, 1.807) is 13.0 Å². The quantitative estimate of drug-likeness (QED) is 0.593. The number of anilines is 1. The van der Waals surface area contributed by atoms with Gasteiger partial charge in [-0.2, -0.15) is 0 Å². The van der Waals surface area contributed by atoms with Gasteiger partial charge in [0.15, 0.2) is 0 Å². The van der Waals surface area contributed by atoms with Gasteiger partial charge in [0, 0.05) is 19.3 Å². The molecule has 0 aliphatic rings. The molecule has 1 unspecified atom stereocenters. The maximum Gasteiger partial charge on any atom is 0.244 e. The van der Waals surface area contributed by atoms with Crippen LogP contribution >= 0.6 is 0 Å². The molecule has 1 aromatic carbocycles. The second-order valence-corrected chi connectivity index (χ2v) is 6.39. The molecule has 0 bridgehead atoms. The van der Waals surface area contributed by atoms with E-state index in [1.807, 2.05) is 0 Å². The fourth-order valence-electron chi connectivity index (χ4n) is 1.76. The molecule has 120 valence electrons. The third-order valence-electron chi connectivity index (χ3n) is 2.97. The number of sulfonamides is 1. The molecule has 0 saturated heterocycles. The second-order valence-electron chi connectivity index (χ2n) is 4.66. The largest absolute Gasteiger partial charge is 0.495 e. The Balaban J connectivity index is 2.85. The Kier molecular flexibility index (Phi) is 6.41. The van der Waals surface area contributed by atoms with Crippen molar-refractivity contribution in [2.75, 3.05) is 33.1 Å². The number of aliphatic hydroxyl groups excluding tert-OH is 1. The smallest absolute Gasteiger partial charge is 0.244 e. The van der Waals surface area contributed by atoms with Crippen LogP contribution in [-0.4, -0.2) is 47.0 Å². The third-order valence-corrected chi connectivity index (χ3v) is 4.45. The van der Waals surface area contributed by atoms with E-state index in [0.717, 1.165) is 5.56 Å². The van der Waals surface area contributed by atoms with Gasteiger partial charge in [0.05, 0.1) is 19.8 Å². The van der Waals surface area contributed by atoms with Crippen LogP contribution in [0.5, 0.6) is 5.75 Å². The van der Waals surface area contributed by atoms with Gasteiger partial charge in [-0.25, -0.2) is 13.1 Å². The minimum Gasteiger partial charge on any atom is -0.495 e. The zero-order valence-corrected chi connectivity index (χ0v) is 13.2. The van der Waals surface area contributed by atoms with E-state index < -0.39 is 16.1 Å². The number of aryl methyl sites for hydroxylation is 1. The number of benzene rings is 1. The van der Waals surface area contributed by atoms with Gasteiger partial charge in [0.1, 0.15) is 10.6 Å². The van der Waals surface area contributed by atoms with Crippen molar-refractivity contribution >= 4 is 15.7 Å². The van der Waals surface area contributed by atoms with Gasteiger partial charge in [-0.15, -0.1) is 0 Å². The number of ether oxygens (including phenoxy) is 2. The molecule has 0 amide bonds. The highest BCUT2D eigenvalue weighted by atomic mass is 32.2. The molecule has 0 spiro atoms. The van der Waals surface area contributed by atoms with Gasteiger partial charge in [0.2, 0.25) is 10.0 Å². The highest BCUT2D eigenvalue weighted by molar-refractivity contribution is 7.89. The lowest BCUT2D eigenvalue weighted by Gasteiger charge is -2.14. The summed E-state index contributed by atoms with van der Waals surface area (Å²) in [6.45, 7) is 2.01. The maximum atomic E-state index is 12.3. The van der Waals surface area contributed by atoms with Crippen molar-refractivity contribution in [1.29, 1.82) is 0 Å². The molecule has 0 heterocycles. The van der Waals surface area contributed by atoms with Crippen LogP contribution in [0.15, 0.2) is 17.0 Å². The van der Waals surface area contributed by atoms with Gasteiger partial charge >= 0.3 is 0 Å². The van der Waals surface area contributed by atoms with E-state index in [-0.39, 0.29) is 30.2 Å². The first-order chi connectivity index (χ1) is 9.81. The van der Waals surface area contributed by atoms with Crippen molar-refractivity contribution in [2.24, 2.45) is 0 Å². The van der Waals surface area contributed by atoms with Gasteiger partial charge < -0.3 is 20.3 Å². The lowest BCUT2D eigenvalue weighted by atomic mass is 10.2. The van der Waals surface area contributed by atoms with Crippen LogP contribution in [0.1, 0.15) is 12.0 Å². The summed E-state index contributed by atoms with van der Waals surface area (Å²) in [6.07, 6.45) is -0.473. The minimum absolute atomic E-state index is 0.0191. The number of hydrogen-bond donors (Lipinski definition) is 3. The zero-order chi connectivity index (χ0) is 16.0. The van der Waals surface area contributed by atoms with Crippen LogP contribution < -0.4 is 15.2 Å². The Morgan fingerprint density at radius 3 is 2.62 bits per heavy atom. The first kappa shape index (κ1) is 17.7. The lowest BCUT2D eigenvalue weighted by molar-refractivity contribution is 0.0603. The molecule has 0 aromatic heterocycles. The maximum absolute atomic E-state index is 12.3. The minimum atomic E-state index is -3.76. The molecule has 0 fully saturated rings. The summed E-state index contributed by atoms with van der Waals surface area (Å²) < 4.78 is 36.8. The van der Waals surface area contributed by atoms with Crippen LogP contribution in [0.2, 0.25) is 0 Å².